The molecule has 1 saturated heterocycles. The molecule has 20 heavy (non-hydrogen) atoms. The fourth-order valence-electron chi connectivity index (χ4n) is 5.21. The van der Waals surface area contributed by atoms with Gasteiger partial charge in [-0.25, -0.2) is 0 Å². The van der Waals surface area contributed by atoms with Gasteiger partial charge in [0.15, 0.2) is 0 Å². The topological polar surface area (TPSA) is 37.4 Å². The molecule has 0 spiro atoms. The van der Waals surface area contributed by atoms with Gasteiger partial charge in [0.1, 0.15) is 0 Å². The number of thioether (sulfide) groups is 1. The van der Waals surface area contributed by atoms with Crippen molar-refractivity contribution in [3.63, 3.8) is 0 Å². The van der Waals surface area contributed by atoms with Gasteiger partial charge in [0, 0.05) is 23.0 Å². The Labute approximate surface area is 125 Å². The molecule has 0 aromatic rings. The smallest absolute Gasteiger partial charge is 0.275 e. The number of hydrogen-bond donors (Lipinski definition) is 0. The first-order chi connectivity index (χ1) is 9.02. The van der Waals surface area contributed by atoms with E-state index >= 15 is 0 Å². The van der Waals surface area contributed by atoms with Gasteiger partial charge in [0.25, 0.3) is 5.24 Å². The summed E-state index contributed by atoms with van der Waals surface area (Å²) in [6.07, 6.45) is 0. The molecule has 4 atom stereocenters. The third kappa shape index (κ3) is 1.07. The molecule has 3 nitrogen and oxygen atoms in total. The molecule has 3 aliphatic rings. The SMILES string of the molecule is CC(=O)N1C(=O)S[C@@H]2[C@H]1[C@]1(C)C(C)=C(C)[C@@]2(C)C1(C)C. The second-order valence-electron chi connectivity index (χ2n) is 7.42. The van der Waals surface area contributed by atoms with E-state index in [1.807, 2.05) is 0 Å². The zero-order valence-corrected chi connectivity index (χ0v) is 14.1. The molecular formula is C16H23NO2S. The van der Waals surface area contributed by atoms with E-state index < -0.39 is 0 Å². The van der Waals surface area contributed by atoms with Crippen molar-refractivity contribution in [3.05, 3.63) is 11.1 Å². The standard InChI is InChI=1S/C16H23NO2S/c1-8-9(2)16(7)12-11(15(8,6)14(16,4)5)17(10(3)18)13(19)20-12/h11-12H,1-7H3/t11-,12+,15-,16+/m0/s1. The second-order valence-corrected chi connectivity index (χ2v) is 8.51. The minimum Gasteiger partial charge on any atom is -0.275 e. The lowest BCUT2D eigenvalue weighted by molar-refractivity contribution is -0.128. The van der Waals surface area contributed by atoms with E-state index in [0.717, 1.165) is 0 Å². The highest BCUT2D eigenvalue weighted by molar-refractivity contribution is 8.14. The first-order valence-corrected chi connectivity index (χ1v) is 8.09. The fraction of sp³-hybridized carbons (Fsp3) is 0.750. The number of fused-ring (bicyclic) bond motifs is 5. The highest BCUT2D eigenvalue weighted by Crippen LogP contribution is 2.78. The highest BCUT2D eigenvalue weighted by atomic mass is 32.2. The predicted molar refractivity (Wildman–Crippen MR) is 81.5 cm³/mol. The molecule has 1 aliphatic heterocycles. The van der Waals surface area contributed by atoms with Gasteiger partial charge in [-0.1, -0.05) is 50.6 Å². The third-order valence-electron chi connectivity index (χ3n) is 7.21. The summed E-state index contributed by atoms with van der Waals surface area (Å²) in [4.78, 5) is 25.8. The van der Waals surface area contributed by atoms with Crippen LogP contribution in [0.2, 0.25) is 0 Å². The van der Waals surface area contributed by atoms with Crippen LogP contribution in [0.25, 0.3) is 0 Å². The fourth-order valence-corrected chi connectivity index (χ4v) is 7.02. The molecule has 0 aromatic heterocycles. The summed E-state index contributed by atoms with van der Waals surface area (Å²) in [7, 11) is 0. The molecule has 0 radical (unpaired) electrons. The van der Waals surface area contributed by atoms with E-state index in [2.05, 4.69) is 41.5 Å². The monoisotopic (exact) mass is 293 g/mol. The predicted octanol–water partition coefficient (Wildman–Crippen LogP) is 3.84. The third-order valence-corrected chi connectivity index (χ3v) is 8.59. The van der Waals surface area contributed by atoms with Crippen molar-refractivity contribution >= 4 is 22.9 Å². The molecule has 2 fully saturated rings. The van der Waals surface area contributed by atoms with E-state index in [9.17, 15) is 9.59 Å². The minimum atomic E-state index is -0.124. The Kier molecular flexibility index (Phi) is 2.49. The van der Waals surface area contributed by atoms with Gasteiger partial charge >= 0.3 is 0 Å². The summed E-state index contributed by atoms with van der Waals surface area (Å²) in [5.41, 5.74) is 2.68. The van der Waals surface area contributed by atoms with Crippen LogP contribution >= 0.6 is 11.8 Å². The van der Waals surface area contributed by atoms with Crippen molar-refractivity contribution < 1.29 is 9.59 Å². The van der Waals surface area contributed by atoms with E-state index in [4.69, 9.17) is 0 Å². The molecule has 0 N–H and O–H groups in total. The normalized spacial score (nSPS) is 45.4. The number of allylic oxidation sites excluding steroid dienone is 1. The molecule has 110 valence electrons. The van der Waals surface area contributed by atoms with Gasteiger partial charge in [0.05, 0.1) is 6.04 Å². The largest absolute Gasteiger partial charge is 0.288 e. The summed E-state index contributed by atoms with van der Waals surface area (Å²) in [6, 6.07) is 0.00111. The average Bonchev–Trinajstić information content (AvgIpc) is 2.79. The Balaban J connectivity index is 2.28. The molecule has 2 bridgehead atoms. The van der Waals surface area contributed by atoms with Crippen LogP contribution in [0, 0.1) is 16.2 Å². The van der Waals surface area contributed by atoms with Crippen LogP contribution in [-0.2, 0) is 4.79 Å². The lowest BCUT2D eigenvalue weighted by Crippen LogP contribution is -2.50. The van der Waals surface area contributed by atoms with Gasteiger partial charge in [-0.3, -0.25) is 14.5 Å². The van der Waals surface area contributed by atoms with Crippen LogP contribution in [0.3, 0.4) is 0 Å². The maximum Gasteiger partial charge on any atom is 0.288 e. The van der Waals surface area contributed by atoms with Crippen LogP contribution in [0.1, 0.15) is 48.5 Å². The molecule has 0 aromatic carbocycles. The quantitative estimate of drug-likeness (QED) is 0.637. The summed E-state index contributed by atoms with van der Waals surface area (Å²) in [5, 5.41) is 0.116. The zero-order chi connectivity index (χ0) is 15.2. The number of carbonyl (C=O) groups is 2. The van der Waals surface area contributed by atoms with E-state index in [-0.39, 0.29) is 38.7 Å². The zero-order valence-electron chi connectivity index (χ0n) is 13.3. The lowest BCUT2D eigenvalue weighted by atomic mass is 9.62. The molecule has 3 rings (SSSR count). The number of hydrogen-bond acceptors (Lipinski definition) is 3. The van der Waals surface area contributed by atoms with Gasteiger partial charge in [-0.2, -0.15) is 0 Å². The Bertz CT molecular complexity index is 579. The van der Waals surface area contributed by atoms with Crippen LogP contribution in [0.5, 0.6) is 0 Å². The highest BCUT2D eigenvalue weighted by Gasteiger charge is 2.78. The first kappa shape index (κ1) is 14.2. The Hall–Kier alpha value is -0.770. The lowest BCUT2D eigenvalue weighted by Gasteiger charge is -2.44. The number of nitrogens with zero attached hydrogens (tertiary/aromatic N) is 1. The van der Waals surface area contributed by atoms with E-state index in [1.54, 1.807) is 0 Å². The summed E-state index contributed by atoms with van der Waals surface area (Å²) in [6.45, 7) is 15.0. The first-order valence-electron chi connectivity index (χ1n) is 7.21. The average molecular weight is 293 g/mol. The van der Waals surface area contributed by atoms with Gasteiger partial charge in [0.2, 0.25) is 5.91 Å². The van der Waals surface area contributed by atoms with Crippen LogP contribution in [0.15, 0.2) is 11.1 Å². The number of imide groups is 1. The Morgan fingerprint density at radius 3 is 2.10 bits per heavy atom. The van der Waals surface area contributed by atoms with Crippen LogP contribution in [-0.4, -0.2) is 27.3 Å². The van der Waals surface area contributed by atoms with Gasteiger partial charge in [-0.15, -0.1) is 0 Å². The van der Waals surface area contributed by atoms with Crippen molar-refractivity contribution in [2.75, 3.05) is 0 Å². The van der Waals surface area contributed by atoms with E-state index in [1.165, 1.54) is 34.7 Å². The Morgan fingerprint density at radius 2 is 1.60 bits per heavy atom. The maximum absolute atomic E-state index is 12.3. The summed E-state index contributed by atoms with van der Waals surface area (Å²) >= 11 is 1.37. The van der Waals surface area contributed by atoms with E-state index in [0.29, 0.717) is 0 Å². The number of carbonyl (C=O) groups excluding carboxylic acids is 2. The molecular weight excluding hydrogens is 270 g/mol. The molecule has 4 heteroatoms. The minimum absolute atomic E-state index is 0.00111. The number of amides is 2. The van der Waals surface area contributed by atoms with Crippen molar-refractivity contribution in [3.8, 4) is 0 Å². The Morgan fingerprint density at radius 1 is 1.10 bits per heavy atom. The molecule has 0 unspecified atom stereocenters. The molecule has 2 aliphatic carbocycles. The summed E-state index contributed by atoms with van der Waals surface area (Å²) < 4.78 is 0. The second kappa shape index (κ2) is 3.52. The maximum atomic E-state index is 12.3. The molecule has 1 heterocycles. The molecule has 1 saturated carbocycles. The van der Waals surface area contributed by atoms with Crippen molar-refractivity contribution in [1.82, 2.24) is 4.90 Å². The van der Waals surface area contributed by atoms with Crippen molar-refractivity contribution in [2.45, 2.75) is 59.8 Å². The van der Waals surface area contributed by atoms with Crippen LogP contribution < -0.4 is 0 Å². The van der Waals surface area contributed by atoms with Gasteiger partial charge < -0.3 is 0 Å². The van der Waals surface area contributed by atoms with Crippen molar-refractivity contribution in [2.24, 2.45) is 16.2 Å². The number of rotatable bonds is 0. The van der Waals surface area contributed by atoms with Crippen molar-refractivity contribution in [1.29, 1.82) is 0 Å². The summed E-state index contributed by atoms with van der Waals surface area (Å²) in [5.74, 6) is -0.117. The molecule has 2 amide bonds. The van der Waals surface area contributed by atoms with Gasteiger partial charge in [-0.05, 0) is 19.3 Å². The van der Waals surface area contributed by atoms with Crippen LogP contribution in [0.4, 0.5) is 4.79 Å².